The lowest BCUT2D eigenvalue weighted by Crippen LogP contribution is -2.14. The highest BCUT2D eigenvalue weighted by atomic mass is 19.1. The van der Waals surface area contributed by atoms with Crippen LogP contribution in [0.1, 0.15) is 18.9 Å². The van der Waals surface area contributed by atoms with Crippen LogP contribution in [0.25, 0.3) is 16.9 Å². The Hall–Kier alpha value is -2.20. The van der Waals surface area contributed by atoms with E-state index in [1.54, 1.807) is 6.20 Å². The number of benzene rings is 1. The number of imidazole rings is 1. The summed E-state index contributed by atoms with van der Waals surface area (Å²) in [5.74, 6) is -0.167. The van der Waals surface area contributed by atoms with Gasteiger partial charge < -0.3 is 5.32 Å². The molecule has 0 amide bonds. The van der Waals surface area contributed by atoms with Gasteiger partial charge in [-0.1, -0.05) is 13.0 Å². The third-order valence-corrected chi connectivity index (χ3v) is 3.51. The van der Waals surface area contributed by atoms with Crippen molar-refractivity contribution in [1.29, 1.82) is 0 Å². The Kier molecular flexibility index (Phi) is 3.97. The molecule has 3 nitrogen and oxygen atoms in total. The van der Waals surface area contributed by atoms with Gasteiger partial charge in [-0.05, 0) is 48.9 Å². The summed E-state index contributed by atoms with van der Waals surface area (Å²) in [7, 11) is 0. The fraction of sp³-hybridized carbons (Fsp3) is 0.235. The van der Waals surface area contributed by atoms with Crippen molar-refractivity contribution < 1.29 is 4.39 Å². The molecule has 1 N–H and O–H groups in total. The Morgan fingerprint density at radius 2 is 2.14 bits per heavy atom. The zero-order valence-corrected chi connectivity index (χ0v) is 12.0. The van der Waals surface area contributed by atoms with Gasteiger partial charge in [0.15, 0.2) is 0 Å². The van der Waals surface area contributed by atoms with Crippen molar-refractivity contribution >= 4 is 5.65 Å². The third-order valence-electron chi connectivity index (χ3n) is 3.51. The van der Waals surface area contributed by atoms with Crippen molar-refractivity contribution in [3.05, 3.63) is 60.2 Å². The number of rotatable bonds is 5. The Balaban J connectivity index is 1.98. The monoisotopic (exact) mass is 283 g/mol. The smallest absolute Gasteiger partial charge is 0.137 e. The van der Waals surface area contributed by atoms with Crippen LogP contribution in [0.3, 0.4) is 0 Å². The predicted molar refractivity (Wildman–Crippen MR) is 82.6 cm³/mol. The van der Waals surface area contributed by atoms with Gasteiger partial charge in [0.1, 0.15) is 11.5 Å². The van der Waals surface area contributed by atoms with E-state index in [1.165, 1.54) is 6.07 Å². The second-order valence-corrected chi connectivity index (χ2v) is 5.05. The standard InChI is InChI=1S/C17H18FN3/c1-2-8-19-12-14-11-13(6-7-15(14)18)16-4-3-5-17-20-9-10-21(16)17/h3-7,9-11,19H,2,8,12H2,1H3. The number of aromatic nitrogens is 2. The molecule has 0 saturated heterocycles. The van der Waals surface area contributed by atoms with Crippen molar-refractivity contribution in [1.82, 2.24) is 14.7 Å². The first-order chi connectivity index (χ1) is 10.3. The lowest BCUT2D eigenvalue weighted by atomic mass is 10.1. The normalized spacial score (nSPS) is 11.1. The van der Waals surface area contributed by atoms with Gasteiger partial charge >= 0.3 is 0 Å². The first-order valence-electron chi connectivity index (χ1n) is 7.21. The summed E-state index contributed by atoms with van der Waals surface area (Å²) < 4.78 is 15.9. The number of nitrogens with zero attached hydrogens (tertiary/aromatic N) is 2. The highest BCUT2D eigenvalue weighted by Gasteiger charge is 2.08. The number of pyridine rings is 1. The number of hydrogen-bond acceptors (Lipinski definition) is 2. The molecule has 2 aromatic heterocycles. The molecule has 0 saturated carbocycles. The van der Waals surface area contributed by atoms with Crippen LogP contribution in [-0.2, 0) is 6.54 Å². The lowest BCUT2D eigenvalue weighted by Gasteiger charge is -2.10. The molecule has 0 fully saturated rings. The average molecular weight is 283 g/mol. The fourth-order valence-electron chi connectivity index (χ4n) is 2.45. The van der Waals surface area contributed by atoms with E-state index in [9.17, 15) is 4.39 Å². The average Bonchev–Trinajstić information content (AvgIpc) is 2.98. The summed E-state index contributed by atoms with van der Waals surface area (Å²) in [4.78, 5) is 4.28. The number of halogens is 1. The lowest BCUT2D eigenvalue weighted by molar-refractivity contribution is 0.587. The fourth-order valence-corrected chi connectivity index (χ4v) is 2.45. The molecule has 108 valence electrons. The van der Waals surface area contributed by atoms with Gasteiger partial charge in [-0.25, -0.2) is 9.37 Å². The second kappa shape index (κ2) is 6.06. The first-order valence-corrected chi connectivity index (χ1v) is 7.21. The summed E-state index contributed by atoms with van der Waals surface area (Å²) >= 11 is 0. The highest BCUT2D eigenvalue weighted by Crippen LogP contribution is 2.23. The van der Waals surface area contributed by atoms with Gasteiger partial charge in [0.25, 0.3) is 0 Å². The van der Waals surface area contributed by atoms with Crippen LogP contribution in [0.2, 0.25) is 0 Å². The van der Waals surface area contributed by atoms with Crippen LogP contribution >= 0.6 is 0 Å². The van der Waals surface area contributed by atoms with Gasteiger partial charge in [0.2, 0.25) is 0 Å². The van der Waals surface area contributed by atoms with Crippen LogP contribution in [0.5, 0.6) is 0 Å². The first kappa shape index (κ1) is 13.8. The van der Waals surface area contributed by atoms with Crippen LogP contribution in [0.15, 0.2) is 48.8 Å². The molecule has 0 bridgehead atoms. The summed E-state index contributed by atoms with van der Waals surface area (Å²) in [6.07, 6.45) is 4.73. The minimum absolute atomic E-state index is 0.167. The molecule has 21 heavy (non-hydrogen) atoms. The molecule has 0 unspecified atom stereocenters. The number of fused-ring (bicyclic) bond motifs is 1. The SMILES string of the molecule is CCCNCc1cc(-c2cccc3nccn23)ccc1F. The van der Waals surface area contributed by atoms with Crippen molar-refractivity contribution in [3.8, 4) is 11.3 Å². The molecule has 0 aliphatic rings. The van der Waals surface area contributed by atoms with E-state index in [1.807, 2.05) is 40.9 Å². The minimum atomic E-state index is -0.167. The Bertz CT molecular complexity index is 749. The van der Waals surface area contributed by atoms with Crippen molar-refractivity contribution in [2.45, 2.75) is 19.9 Å². The molecule has 2 heterocycles. The van der Waals surface area contributed by atoms with Gasteiger partial charge in [-0.3, -0.25) is 4.40 Å². The molecular formula is C17H18FN3. The molecular weight excluding hydrogens is 265 g/mol. The van der Waals surface area contributed by atoms with E-state index in [2.05, 4.69) is 17.2 Å². The molecule has 0 radical (unpaired) electrons. The molecule has 1 aromatic carbocycles. The van der Waals surface area contributed by atoms with Gasteiger partial charge in [0.05, 0.1) is 5.69 Å². The third kappa shape index (κ3) is 2.81. The van der Waals surface area contributed by atoms with Crippen LogP contribution in [0.4, 0.5) is 4.39 Å². The second-order valence-electron chi connectivity index (χ2n) is 5.05. The number of nitrogens with one attached hydrogen (secondary N) is 1. The summed E-state index contributed by atoms with van der Waals surface area (Å²) in [6, 6.07) is 11.2. The molecule has 3 aromatic rings. The highest BCUT2D eigenvalue weighted by molar-refractivity contribution is 5.64. The van der Waals surface area contributed by atoms with Crippen molar-refractivity contribution in [2.75, 3.05) is 6.54 Å². The molecule has 3 rings (SSSR count). The van der Waals surface area contributed by atoms with E-state index in [0.29, 0.717) is 12.1 Å². The number of hydrogen-bond donors (Lipinski definition) is 1. The summed E-state index contributed by atoms with van der Waals surface area (Å²) in [5.41, 5.74) is 3.59. The maximum atomic E-state index is 13.9. The zero-order chi connectivity index (χ0) is 14.7. The van der Waals surface area contributed by atoms with Gasteiger partial charge in [-0.2, -0.15) is 0 Å². The van der Waals surface area contributed by atoms with Crippen LogP contribution in [0, 0.1) is 5.82 Å². The van der Waals surface area contributed by atoms with Crippen LogP contribution in [-0.4, -0.2) is 15.9 Å². The maximum Gasteiger partial charge on any atom is 0.137 e. The largest absolute Gasteiger partial charge is 0.313 e. The van der Waals surface area contributed by atoms with Crippen molar-refractivity contribution in [3.63, 3.8) is 0 Å². The van der Waals surface area contributed by atoms with E-state index in [4.69, 9.17) is 0 Å². The Morgan fingerprint density at radius 1 is 1.24 bits per heavy atom. The maximum absolute atomic E-state index is 13.9. The van der Waals surface area contributed by atoms with E-state index in [0.717, 1.165) is 29.9 Å². The van der Waals surface area contributed by atoms with E-state index < -0.39 is 0 Å². The molecule has 0 aliphatic carbocycles. The molecule has 4 heteroatoms. The quantitative estimate of drug-likeness (QED) is 0.724. The summed E-state index contributed by atoms with van der Waals surface area (Å²) in [6.45, 7) is 3.54. The zero-order valence-electron chi connectivity index (χ0n) is 12.0. The van der Waals surface area contributed by atoms with Crippen LogP contribution < -0.4 is 5.32 Å². The van der Waals surface area contributed by atoms with Gasteiger partial charge in [-0.15, -0.1) is 0 Å². The Labute approximate surface area is 123 Å². The Morgan fingerprint density at radius 3 is 3.00 bits per heavy atom. The topological polar surface area (TPSA) is 29.3 Å². The minimum Gasteiger partial charge on any atom is -0.313 e. The molecule has 0 spiro atoms. The van der Waals surface area contributed by atoms with Crippen molar-refractivity contribution in [2.24, 2.45) is 0 Å². The van der Waals surface area contributed by atoms with E-state index >= 15 is 0 Å². The van der Waals surface area contributed by atoms with E-state index in [-0.39, 0.29) is 5.82 Å². The predicted octanol–water partition coefficient (Wildman–Crippen LogP) is 3.64. The summed E-state index contributed by atoms with van der Waals surface area (Å²) in [5, 5.41) is 3.24. The molecule has 0 atom stereocenters. The van der Waals surface area contributed by atoms with Gasteiger partial charge in [0, 0.05) is 24.5 Å². The molecule has 0 aliphatic heterocycles.